The summed E-state index contributed by atoms with van der Waals surface area (Å²) in [6, 6.07) is 12.7. The second-order valence-corrected chi connectivity index (χ2v) is 9.50. The third-order valence-electron chi connectivity index (χ3n) is 5.67. The van der Waals surface area contributed by atoms with E-state index >= 15 is 0 Å². The van der Waals surface area contributed by atoms with Crippen molar-refractivity contribution in [2.24, 2.45) is 0 Å². The molecule has 1 amide bonds. The van der Waals surface area contributed by atoms with Gasteiger partial charge in [-0.15, -0.1) is 0 Å². The van der Waals surface area contributed by atoms with Gasteiger partial charge in [-0.3, -0.25) is 4.79 Å². The molecule has 7 nitrogen and oxygen atoms in total. The number of hydrogen-bond donors (Lipinski definition) is 1. The molecule has 2 aromatic carbocycles. The Kier molecular flexibility index (Phi) is 6.12. The van der Waals surface area contributed by atoms with E-state index in [1.54, 1.807) is 18.5 Å². The minimum Gasteiger partial charge on any atom is -0.306 e. The summed E-state index contributed by atoms with van der Waals surface area (Å²) >= 11 is 0. The number of halogens is 1. The number of nitrogens with zero attached hydrogens (tertiary/aromatic N) is 3. The number of carbonyl (C=O) groups is 1. The molecule has 1 heterocycles. The predicted octanol–water partition coefficient (Wildman–Crippen LogP) is 3.78. The Balaban J connectivity index is 1.72. The SMILES string of the molecule is CCN(CC)S(=O)(=O)c1ccc(F)c(C(=O)Nc2c3c(nn2-c2ccccc2)CCC3)c1. The molecule has 3 aromatic rings. The van der Waals surface area contributed by atoms with Crippen molar-refractivity contribution < 1.29 is 17.6 Å². The summed E-state index contributed by atoms with van der Waals surface area (Å²) in [6.07, 6.45) is 2.50. The summed E-state index contributed by atoms with van der Waals surface area (Å²) in [5, 5.41) is 7.43. The largest absolute Gasteiger partial charge is 0.306 e. The zero-order valence-corrected chi connectivity index (χ0v) is 18.8. The molecule has 9 heteroatoms. The second kappa shape index (κ2) is 8.84. The van der Waals surface area contributed by atoms with Crippen LogP contribution in [0.2, 0.25) is 0 Å². The van der Waals surface area contributed by atoms with Gasteiger partial charge in [-0.05, 0) is 49.6 Å². The molecule has 1 aromatic heterocycles. The third-order valence-corrected chi connectivity index (χ3v) is 7.71. The van der Waals surface area contributed by atoms with Crippen LogP contribution in [0, 0.1) is 5.82 Å². The minimum atomic E-state index is -3.83. The van der Waals surface area contributed by atoms with Gasteiger partial charge in [0.05, 0.1) is 21.8 Å². The van der Waals surface area contributed by atoms with Crippen LogP contribution in [0.25, 0.3) is 5.69 Å². The number of benzene rings is 2. The van der Waals surface area contributed by atoms with Crippen molar-refractivity contribution in [3.8, 4) is 5.69 Å². The fraction of sp³-hybridized carbons (Fsp3) is 0.304. The number of para-hydroxylation sites is 1. The molecule has 0 fully saturated rings. The van der Waals surface area contributed by atoms with Crippen LogP contribution in [0.3, 0.4) is 0 Å². The molecule has 0 saturated heterocycles. The van der Waals surface area contributed by atoms with Crippen molar-refractivity contribution in [3.63, 3.8) is 0 Å². The van der Waals surface area contributed by atoms with E-state index < -0.39 is 21.7 Å². The second-order valence-electron chi connectivity index (χ2n) is 7.56. The maximum atomic E-state index is 14.6. The van der Waals surface area contributed by atoms with Gasteiger partial charge in [-0.25, -0.2) is 17.5 Å². The van der Waals surface area contributed by atoms with Gasteiger partial charge in [-0.2, -0.15) is 9.40 Å². The standard InChI is InChI=1S/C23H25FN4O3S/c1-3-27(4-2)32(30,31)17-13-14-20(24)19(15-17)23(29)25-22-18-11-8-12-21(18)26-28(22)16-9-6-5-7-10-16/h5-7,9-10,13-15H,3-4,8,11-12H2,1-2H3,(H,25,29). The lowest BCUT2D eigenvalue weighted by Crippen LogP contribution is -2.31. The number of sulfonamides is 1. The molecule has 168 valence electrons. The van der Waals surface area contributed by atoms with Gasteiger partial charge in [0, 0.05) is 18.7 Å². The van der Waals surface area contributed by atoms with Crippen LogP contribution in [-0.2, 0) is 22.9 Å². The Morgan fingerprint density at radius 3 is 2.53 bits per heavy atom. The van der Waals surface area contributed by atoms with Crippen LogP contribution in [0.15, 0.2) is 53.4 Å². The molecule has 0 atom stereocenters. The number of rotatable bonds is 7. The molecule has 0 radical (unpaired) electrons. The highest BCUT2D eigenvalue weighted by Crippen LogP contribution is 2.31. The number of anilines is 1. The van der Waals surface area contributed by atoms with Crippen molar-refractivity contribution in [2.75, 3.05) is 18.4 Å². The van der Waals surface area contributed by atoms with Gasteiger partial charge < -0.3 is 5.32 Å². The van der Waals surface area contributed by atoms with Crippen LogP contribution in [0.5, 0.6) is 0 Å². The van der Waals surface area contributed by atoms with Gasteiger partial charge in [0.1, 0.15) is 11.6 Å². The number of carbonyl (C=O) groups excluding carboxylic acids is 1. The molecule has 1 aliphatic rings. The Morgan fingerprint density at radius 2 is 1.84 bits per heavy atom. The fourth-order valence-electron chi connectivity index (χ4n) is 4.00. The van der Waals surface area contributed by atoms with Gasteiger partial charge in [0.25, 0.3) is 5.91 Å². The van der Waals surface area contributed by atoms with Gasteiger partial charge >= 0.3 is 0 Å². The van der Waals surface area contributed by atoms with Crippen LogP contribution >= 0.6 is 0 Å². The quantitative estimate of drug-likeness (QED) is 0.586. The van der Waals surface area contributed by atoms with Gasteiger partial charge in [0.2, 0.25) is 10.0 Å². The zero-order valence-electron chi connectivity index (χ0n) is 18.0. The first-order chi connectivity index (χ1) is 15.4. The Morgan fingerprint density at radius 1 is 1.12 bits per heavy atom. The van der Waals surface area contributed by atoms with Gasteiger partial charge in [0.15, 0.2) is 0 Å². The van der Waals surface area contributed by atoms with E-state index in [1.807, 2.05) is 30.3 Å². The molecule has 32 heavy (non-hydrogen) atoms. The third kappa shape index (κ3) is 3.93. The van der Waals surface area contributed by atoms with E-state index in [4.69, 9.17) is 0 Å². The van der Waals surface area contributed by atoms with E-state index in [2.05, 4.69) is 10.4 Å². The first-order valence-electron chi connectivity index (χ1n) is 10.6. The highest BCUT2D eigenvalue weighted by atomic mass is 32.2. The topological polar surface area (TPSA) is 84.3 Å². The zero-order chi connectivity index (χ0) is 22.9. The summed E-state index contributed by atoms with van der Waals surface area (Å²) in [7, 11) is -3.83. The van der Waals surface area contributed by atoms with E-state index in [1.165, 1.54) is 10.4 Å². The molecule has 0 unspecified atom stereocenters. The summed E-state index contributed by atoms with van der Waals surface area (Å²) in [6.45, 7) is 4.01. The Bertz CT molecular complexity index is 1250. The van der Waals surface area contributed by atoms with Crippen molar-refractivity contribution in [1.82, 2.24) is 14.1 Å². The summed E-state index contributed by atoms with van der Waals surface area (Å²) in [5.74, 6) is -1.01. The molecule has 1 aliphatic carbocycles. The first-order valence-corrected chi connectivity index (χ1v) is 12.1. The summed E-state index contributed by atoms with van der Waals surface area (Å²) in [5.41, 5.74) is 2.28. The number of hydrogen-bond acceptors (Lipinski definition) is 4. The smallest absolute Gasteiger partial charge is 0.259 e. The Hall–Kier alpha value is -3.04. The lowest BCUT2D eigenvalue weighted by Gasteiger charge is -2.19. The van der Waals surface area contributed by atoms with E-state index in [9.17, 15) is 17.6 Å². The van der Waals surface area contributed by atoms with Crippen LogP contribution in [0.1, 0.15) is 41.9 Å². The van der Waals surface area contributed by atoms with Crippen LogP contribution in [-0.4, -0.2) is 41.5 Å². The Labute approximate surface area is 186 Å². The van der Waals surface area contributed by atoms with Gasteiger partial charge in [-0.1, -0.05) is 32.0 Å². The molecule has 0 bridgehead atoms. The average Bonchev–Trinajstić information content (AvgIpc) is 3.38. The lowest BCUT2D eigenvalue weighted by molar-refractivity contribution is 0.102. The average molecular weight is 457 g/mol. The lowest BCUT2D eigenvalue weighted by atomic mass is 10.2. The van der Waals surface area contributed by atoms with Crippen molar-refractivity contribution in [2.45, 2.75) is 38.0 Å². The maximum Gasteiger partial charge on any atom is 0.259 e. The van der Waals surface area contributed by atoms with E-state index in [-0.39, 0.29) is 23.5 Å². The van der Waals surface area contributed by atoms with Crippen LogP contribution < -0.4 is 5.32 Å². The number of aryl methyl sites for hydroxylation is 1. The number of amides is 1. The summed E-state index contributed by atoms with van der Waals surface area (Å²) in [4.78, 5) is 13.0. The van der Waals surface area contributed by atoms with E-state index in [0.29, 0.717) is 5.82 Å². The molecule has 0 aliphatic heterocycles. The van der Waals surface area contributed by atoms with Crippen molar-refractivity contribution in [3.05, 3.63) is 71.2 Å². The molecular weight excluding hydrogens is 431 g/mol. The normalized spacial score (nSPS) is 13.4. The fourth-order valence-corrected chi connectivity index (χ4v) is 5.49. The number of aromatic nitrogens is 2. The molecule has 0 saturated carbocycles. The molecular formula is C23H25FN4O3S. The molecule has 1 N–H and O–H groups in total. The minimum absolute atomic E-state index is 0.116. The van der Waals surface area contributed by atoms with Crippen LogP contribution in [0.4, 0.5) is 10.2 Å². The number of fused-ring (bicyclic) bond motifs is 1. The molecule has 4 rings (SSSR count). The first kappa shape index (κ1) is 22.2. The highest BCUT2D eigenvalue weighted by Gasteiger charge is 2.27. The predicted molar refractivity (Wildman–Crippen MR) is 120 cm³/mol. The monoisotopic (exact) mass is 456 g/mol. The highest BCUT2D eigenvalue weighted by molar-refractivity contribution is 7.89. The molecule has 0 spiro atoms. The summed E-state index contributed by atoms with van der Waals surface area (Å²) < 4.78 is 43.2. The number of nitrogens with one attached hydrogen (secondary N) is 1. The van der Waals surface area contributed by atoms with Crippen molar-refractivity contribution in [1.29, 1.82) is 0 Å². The maximum absolute atomic E-state index is 14.6. The van der Waals surface area contributed by atoms with E-state index in [0.717, 1.165) is 48.3 Å². The van der Waals surface area contributed by atoms with Crippen molar-refractivity contribution >= 4 is 21.7 Å².